The van der Waals surface area contributed by atoms with Gasteiger partial charge in [0.15, 0.2) is 5.60 Å². The SMILES string of the molecule is CCCCCCCCC(C)(O)C(=O)OCC(O)CO. The van der Waals surface area contributed by atoms with E-state index in [9.17, 15) is 9.90 Å². The summed E-state index contributed by atoms with van der Waals surface area (Å²) in [6.07, 6.45) is 5.74. The van der Waals surface area contributed by atoms with Crippen LogP contribution in [0.5, 0.6) is 0 Å². The molecule has 5 nitrogen and oxygen atoms in total. The fourth-order valence-electron chi connectivity index (χ4n) is 1.73. The number of hydrogen-bond acceptors (Lipinski definition) is 5. The lowest BCUT2D eigenvalue weighted by Gasteiger charge is -2.21. The quantitative estimate of drug-likeness (QED) is 0.392. The van der Waals surface area contributed by atoms with Crippen molar-refractivity contribution in [2.75, 3.05) is 13.2 Å². The van der Waals surface area contributed by atoms with E-state index < -0.39 is 24.3 Å². The second-order valence-corrected chi connectivity index (χ2v) is 5.23. The topological polar surface area (TPSA) is 87.0 Å². The van der Waals surface area contributed by atoms with Crippen LogP contribution in [0.2, 0.25) is 0 Å². The molecule has 0 aromatic heterocycles. The minimum Gasteiger partial charge on any atom is -0.461 e. The summed E-state index contributed by atoms with van der Waals surface area (Å²) in [4.78, 5) is 11.6. The molecule has 0 saturated heterocycles. The van der Waals surface area contributed by atoms with Crippen molar-refractivity contribution in [2.24, 2.45) is 0 Å². The third-order valence-electron chi connectivity index (χ3n) is 3.07. The van der Waals surface area contributed by atoms with Crippen LogP contribution in [0.1, 0.15) is 58.8 Å². The fraction of sp³-hybridized carbons (Fsp3) is 0.929. The molecule has 0 fully saturated rings. The molecule has 0 radical (unpaired) electrons. The maximum absolute atomic E-state index is 11.6. The second kappa shape index (κ2) is 10.2. The van der Waals surface area contributed by atoms with Gasteiger partial charge in [-0.2, -0.15) is 0 Å². The standard InChI is InChI=1S/C14H28O5/c1-3-4-5-6-7-8-9-14(2,18)13(17)19-11-12(16)10-15/h12,15-16,18H,3-11H2,1-2H3. The Bertz CT molecular complexity index is 240. The Balaban J connectivity index is 3.79. The predicted octanol–water partition coefficient (Wildman–Crippen LogP) is 1.38. The number of ether oxygens (including phenoxy) is 1. The van der Waals surface area contributed by atoms with Gasteiger partial charge in [-0.1, -0.05) is 39.0 Å². The van der Waals surface area contributed by atoms with Gasteiger partial charge in [0, 0.05) is 0 Å². The minimum absolute atomic E-state index is 0.290. The lowest BCUT2D eigenvalue weighted by atomic mass is 9.98. The van der Waals surface area contributed by atoms with E-state index in [1.165, 1.54) is 26.2 Å². The molecule has 0 aromatic rings. The molecule has 0 amide bonds. The first-order chi connectivity index (χ1) is 8.94. The van der Waals surface area contributed by atoms with Gasteiger partial charge in [-0.25, -0.2) is 4.79 Å². The van der Waals surface area contributed by atoms with Crippen LogP contribution in [-0.2, 0) is 9.53 Å². The van der Waals surface area contributed by atoms with Gasteiger partial charge in [-0.3, -0.25) is 0 Å². The summed E-state index contributed by atoms with van der Waals surface area (Å²) >= 11 is 0. The Morgan fingerprint density at radius 3 is 2.37 bits per heavy atom. The Hall–Kier alpha value is -0.650. The second-order valence-electron chi connectivity index (χ2n) is 5.23. The molecule has 5 heteroatoms. The van der Waals surface area contributed by atoms with Crippen molar-refractivity contribution in [1.29, 1.82) is 0 Å². The molecule has 0 saturated carbocycles. The number of carbonyl (C=O) groups excluding carboxylic acids is 1. The van der Waals surface area contributed by atoms with Crippen LogP contribution >= 0.6 is 0 Å². The number of aliphatic hydroxyl groups excluding tert-OH is 2. The smallest absolute Gasteiger partial charge is 0.337 e. The minimum atomic E-state index is -1.51. The average molecular weight is 276 g/mol. The Morgan fingerprint density at radius 2 is 1.79 bits per heavy atom. The van der Waals surface area contributed by atoms with Crippen molar-refractivity contribution in [2.45, 2.75) is 70.5 Å². The molecular formula is C14H28O5. The van der Waals surface area contributed by atoms with E-state index >= 15 is 0 Å². The number of unbranched alkanes of at least 4 members (excludes halogenated alkanes) is 5. The molecule has 19 heavy (non-hydrogen) atoms. The summed E-state index contributed by atoms with van der Waals surface area (Å²) in [5.74, 6) is -0.742. The summed E-state index contributed by atoms with van der Waals surface area (Å²) in [6, 6.07) is 0. The van der Waals surface area contributed by atoms with E-state index in [1.807, 2.05) is 0 Å². The van der Waals surface area contributed by atoms with Gasteiger partial charge in [0.2, 0.25) is 0 Å². The van der Waals surface area contributed by atoms with Crippen molar-refractivity contribution < 1.29 is 24.9 Å². The van der Waals surface area contributed by atoms with Gasteiger partial charge in [-0.05, 0) is 19.8 Å². The highest BCUT2D eigenvalue weighted by molar-refractivity contribution is 5.78. The van der Waals surface area contributed by atoms with Gasteiger partial charge >= 0.3 is 5.97 Å². The first kappa shape index (κ1) is 18.4. The van der Waals surface area contributed by atoms with Crippen molar-refractivity contribution in [1.82, 2.24) is 0 Å². The van der Waals surface area contributed by atoms with Crippen molar-refractivity contribution in [3.63, 3.8) is 0 Å². The Morgan fingerprint density at radius 1 is 1.21 bits per heavy atom. The molecule has 3 N–H and O–H groups in total. The van der Waals surface area contributed by atoms with E-state index in [1.54, 1.807) is 0 Å². The zero-order valence-electron chi connectivity index (χ0n) is 12.1. The Labute approximate surface area is 115 Å². The number of hydrogen-bond donors (Lipinski definition) is 3. The van der Waals surface area contributed by atoms with Gasteiger partial charge < -0.3 is 20.1 Å². The molecule has 2 unspecified atom stereocenters. The normalized spacial score (nSPS) is 15.8. The molecule has 0 spiro atoms. The van der Waals surface area contributed by atoms with Crippen LogP contribution in [0, 0.1) is 0 Å². The number of esters is 1. The van der Waals surface area contributed by atoms with Crippen molar-refractivity contribution in [3.05, 3.63) is 0 Å². The van der Waals surface area contributed by atoms with E-state index in [-0.39, 0.29) is 6.61 Å². The fourth-order valence-corrected chi connectivity index (χ4v) is 1.73. The molecule has 0 aliphatic carbocycles. The molecule has 0 aliphatic rings. The molecule has 0 aliphatic heterocycles. The summed E-state index contributed by atoms with van der Waals surface area (Å²) in [5.41, 5.74) is -1.51. The molecule has 2 atom stereocenters. The van der Waals surface area contributed by atoms with Gasteiger partial charge in [0.1, 0.15) is 12.7 Å². The van der Waals surface area contributed by atoms with Crippen LogP contribution in [0.25, 0.3) is 0 Å². The highest BCUT2D eigenvalue weighted by Gasteiger charge is 2.31. The van der Waals surface area contributed by atoms with Crippen molar-refractivity contribution in [3.8, 4) is 0 Å². The molecule has 0 aromatic carbocycles. The van der Waals surface area contributed by atoms with E-state index in [4.69, 9.17) is 14.9 Å². The zero-order valence-corrected chi connectivity index (χ0v) is 12.1. The number of aliphatic hydroxyl groups is 3. The van der Waals surface area contributed by atoms with Crippen LogP contribution in [-0.4, -0.2) is 46.2 Å². The van der Waals surface area contributed by atoms with Gasteiger partial charge in [-0.15, -0.1) is 0 Å². The van der Waals surface area contributed by atoms with Crippen LogP contribution in [0.3, 0.4) is 0 Å². The van der Waals surface area contributed by atoms with E-state index in [2.05, 4.69) is 6.92 Å². The largest absolute Gasteiger partial charge is 0.461 e. The van der Waals surface area contributed by atoms with Gasteiger partial charge in [0.25, 0.3) is 0 Å². The van der Waals surface area contributed by atoms with Gasteiger partial charge in [0.05, 0.1) is 6.61 Å². The van der Waals surface area contributed by atoms with Crippen LogP contribution in [0.15, 0.2) is 0 Å². The molecule has 0 bridgehead atoms. The average Bonchev–Trinajstić information content (AvgIpc) is 2.39. The monoisotopic (exact) mass is 276 g/mol. The highest BCUT2D eigenvalue weighted by Crippen LogP contribution is 2.17. The van der Waals surface area contributed by atoms with E-state index in [0.29, 0.717) is 6.42 Å². The molecule has 0 rings (SSSR count). The summed E-state index contributed by atoms with van der Waals surface area (Å²) in [6.45, 7) is 2.82. The maximum atomic E-state index is 11.6. The third kappa shape index (κ3) is 8.97. The lowest BCUT2D eigenvalue weighted by Crippen LogP contribution is -2.38. The predicted molar refractivity (Wildman–Crippen MR) is 72.7 cm³/mol. The van der Waals surface area contributed by atoms with Crippen molar-refractivity contribution >= 4 is 5.97 Å². The van der Waals surface area contributed by atoms with Crippen LogP contribution in [0.4, 0.5) is 0 Å². The molecule has 0 heterocycles. The Kier molecular flexibility index (Phi) is 9.83. The molecular weight excluding hydrogens is 248 g/mol. The number of carbonyl (C=O) groups is 1. The summed E-state index contributed by atoms with van der Waals surface area (Å²) in [7, 11) is 0. The summed E-state index contributed by atoms with van der Waals surface area (Å²) in [5, 5.41) is 27.6. The zero-order chi connectivity index (χ0) is 14.7. The first-order valence-corrected chi connectivity index (χ1v) is 7.12. The third-order valence-corrected chi connectivity index (χ3v) is 3.07. The molecule has 114 valence electrons. The number of rotatable bonds is 11. The highest BCUT2D eigenvalue weighted by atomic mass is 16.6. The lowest BCUT2D eigenvalue weighted by molar-refractivity contribution is -0.168. The summed E-state index contributed by atoms with van der Waals surface area (Å²) < 4.78 is 4.76. The first-order valence-electron chi connectivity index (χ1n) is 7.12. The van der Waals surface area contributed by atoms with Crippen LogP contribution < -0.4 is 0 Å². The van der Waals surface area contributed by atoms with E-state index in [0.717, 1.165) is 19.3 Å². The maximum Gasteiger partial charge on any atom is 0.337 e.